The number of halogens is 1. The van der Waals surface area contributed by atoms with Crippen LogP contribution in [0.15, 0.2) is 18.2 Å². The Kier molecular flexibility index (Phi) is 3.57. The third kappa shape index (κ3) is 2.48. The molecule has 0 saturated heterocycles. The number of hydrogen-bond acceptors (Lipinski definition) is 2. The monoisotopic (exact) mass is 385 g/mol. The van der Waals surface area contributed by atoms with Crippen LogP contribution in [0.1, 0.15) is 37.9 Å². The second-order valence-corrected chi connectivity index (χ2v) is 6.57. The zero-order valence-electron chi connectivity index (χ0n) is 10.9. The van der Waals surface area contributed by atoms with Crippen molar-refractivity contribution in [2.45, 2.75) is 37.6 Å². The highest BCUT2D eigenvalue weighted by Crippen LogP contribution is 2.36. The van der Waals surface area contributed by atoms with Gasteiger partial charge in [-0.3, -0.25) is 0 Å². The molecule has 1 heterocycles. The van der Waals surface area contributed by atoms with Gasteiger partial charge in [0, 0.05) is 3.57 Å². The number of carboxylic acid groups (broad SMARTS) is 1. The summed E-state index contributed by atoms with van der Waals surface area (Å²) in [7, 11) is 0. The molecule has 1 fully saturated rings. The number of rotatable bonds is 2. The lowest BCUT2D eigenvalue weighted by molar-refractivity contribution is 0.159. The lowest BCUT2D eigenvalue weighted by Gasteiger charge is -2.35. The zero-order chi connectivity index (χ0) is 14.2. The van der Waals surface area contributed by atoms with E-state index in [-0.39, 0.29) is 0 Å². The second kappa shape index (κ2) is 5.23. The minimum absolute atomic E-state index is 0.561. The summed E-state index contributed by atoms with van der Waals surface area (Å²) < 4.78 is 1.12. The topological polar surface area (TPSA) is 78.0 Å². The Bertz CT molecular complexity index is 647. The molecule has 0 atom stereocenters. The predicted octanol–water partition coefficient (Wildman–Crippen LogP) is 3.59. The van der Waals surface area contributed by atoms with Crippen molar-refractivity contribution in [3.05, 3.63) is 27.6 Å². The van der Waals surface area contributed by atoms with Gasteiger partial charge in [0.15, 0.2) is 0 Å². The molecular weight excluding hydrogens is 369 g/mol. The standard InChI is InChI=1S/C14H16IN3O2/c15-9-4-5-10-11(8-9)17-12(16-10)14(18-13(19)20)6-2-1-3-7-14/h4-5,8,18H,1-3,6-7H2,(H,16,17)(H,19,20). The summed E-state index contributed by atoms with van der Waals surface area (Å²) in [4.78, 5) is 19.1. The molecular formula is C14H16IN3O2. The normalized spacial score (nSPS) is 18.1. The van der Waals surface area contributed by atoms with Crippen LogP contribution in [0.2, 0.25) is 0 Å². The fourth-order valence-corrected chi connectivity index (χ4v) is 3.46. The number of amides is 1. The van der Waals surface area contributed by atoms with Crippen molar-refractivity contribution in [3.63, 3.8) is 0 Å². The van der Waals surface area contributed by atoms with Crippen LogP contribution in [0.25, 0.3) is 11.0 Å². The molecule has 0 spiro atoms. The van der Waals surface area contributed by atoms with E-state index in [0.717, 1.165) is 52.5 Å². The van der Waals surface area contributed by atoms with Crippen molar-refractivity contribution in [1.82, 2.24) is 15.3 Å². The Balaban J connectivity index is 2.06. The van der Waals surface area contributed by atoms with E-state index in [2.05, 4.69) is 37.9 Å². The van der Waals surface area contributed by atoms with Gasteiger partial charge in [-0.05, 0) is 53.6 Å². The van der Waals surface area contributed by atoms with Crippen molar-refractivity contribution in [2.75, 3.05) is 0 Å². The molecule has 0 radical (unpaired) electrons. The maximum Gasteiger partial charge on any atom is 0.405 e. The van der Waals surface area contributed by atoms with Gasteiger partial charge in [-0.2, -0.15) is 0 Å². The van der Waals surface area contributed by atoms with E-state index in [1.165, 1.54) is 0 Å². The van der Waals surface area contributed by atoms with E-state index in [1.54, 1.807) is 0 Å². The highest BCUT2D eigenvalue weighted by atomic mass is 127. The van der Waals surface area contributed by atoms with E-state index in [1.807, 2.05) is 18.2 Å². The Labute approximate surface area is 130 Å². The smallest absolute Gasteiger partial charge is 0.405 e. The van der Waals surface area contributed by atoms with Crippen LogP contribution in [0.4, 0.5) is 4.79 Å². The summed E-state index contributed by atoms with van der Waals surface area (Å²) in [6.45, 7) is 0. The quantitative estimate of drug-likeness (QED) is 0.692. The fraction of sp³-hybridized carbons (Fsp3) is 0.429. The number of benzene rings is 1. The molecule has 106 valence electrons. The van der Waals surface area contributed by atoms with Gasteiger partial charge in [0.25, 0.3) is 0 Å². The minimum Gasteiger partial charge on any atom is -0.465 e. The van der Waals surface area contributed by atoms with Gasteiger partial charge in [0.2, 0.25) is 0 Å². The van der Waals surface area contributed by atoms with Crippen molar-refractivity contribution in [1.29, 1.82) is 0 Å². The minimum atomic E-state index is -0.984. The van der Waals surface area contributed by atoms with E-state index in [0.29, 0.717) is 0 Å². The number of nitrogens with one attached hydrogen (secondary N) is 2. The van der Waals surface area contributed by atoms with Crippen molar-refractivity contribution >= 4 is 39.7 Å². The molecule has 6 heteroatoms. The van der Waals surface area contributed by atoms with Crippen molar-refractivity contribution in [2.24, 2.45) is 0 Å². The molecule has 1 amide bonds. The molecule has 0 aliphatic heterocycles. The number of aromatic amines is 1. The highest BCUT2D eigenvalue weighted by Gasteiger charge is 2.38. The molecule has 2 aromatic rings. The Hall–Kier alpha value is -1.31. The third-order valence-electron chi connectivity index (χ3n) is 3.95. The Morgan fingerprint density at radius 1 is 1.35 bits per heavy atom. The van der Waals surface area contributed by atoms with Crippen LogP contribution in [-0.2, 0) is 5.54 Å². The first kappa shape index (κ1) is 13.7. The van der Waals surface area contributed by atoms with Gasteiger partial charge in [-0.15, -0.1) is 0 Å². The number of nitrogens with zero attached hydrogens (tertiary/aromatic N) is 1. The first-order valence-electron chi connectivity index (χ1n) is 6.76. The molecule has 1 saturated carbocycles. The number of H-pyrrole nitrogens is 1. The Morgan fingerprint density at radius 2 is 2.10 bits per heavy atom. The van der Waals surface area contributed by atoms with Gasteiger partial charge < -0.3 is 15.4 Å². The van der Waals surface area contributed by atoms with Crippen LogP contribution in [0, 0.1) is 3.57 Å². The third-order valence-corrected chi connectivity index (χ3v) is 4.62. The van der Waals surface area contributed by atoms with Crippen LogP contribution >= 0.6 is 22.6 Å². The molecule has 3 rings (SSSR count). The molecule has 1 aromatic carbocycles. The predicted molar refractivity (Wildman–Crippen MR) is 84.7 cm³/mol. The van der Waals surface area contributed by atoms with E-state index in [9.17, 15) is 4.79 Å². The van der Waals surface area contributed by atoms with Gasteiger partial charge in [0.05, 0.1) is 11.0 Å². The summed E-state index contributed by atoms with van der Waals surface area (Å²) >= 11 is 2.25. The van der Waals surface area contributed by atoms with Crippen LogP contribution in [0.5, 0.6) is 0 Å². The van der Waals surface area contributed by atoms with Gasteiger partial charge >= 0.3 is 6.09 Å². The maximum absolute atomic E-state index is 11.2. The summed E-state index contributed by atoms with van der Waals surface area (Å²) in [5.74, 6) is 0.747. The second-order valence-electron chi connectivity index (χ2n) is 5.32. The van der Waals surface area contributed by atoms with E-state index < -0.39 is 11.6 Å². The molecule has 3 N–H and O–H groups in total. The largest absolute Gasteiger partial charge is 0.465 e. The van der Waals surface area contributed by atoms with Gasteiger partial charge in [-0.25, -0.2) is 9.78 Å². The van der Waals surface area contributed by atoms with E-state index >= 15 is 0 Å². The maximum atomic E-state index is 11.2. The van der Waals surface area contributed by atoms with Crippen LogP contribution in [0.3, 0.4) is 0 Å². The van der Waals surface area contributed by atoms with Crippen LogP contribution in [-0.4, -0.2) is 21.2 Å². The molecule has 1 aliphatic carbocycles. The van der Waals surface area contributed by atoms with Gasteiger partial charge in [-0.1, -0.05) is 19.3 Å². The number of hydrogen-bond donors (Lipinski definition) is 3. The molecule has 1 aromatic heterocycles. The molecule has 0 unspecified atom stereocenters. The molecule has 1 aliphatic rings. The lowest BCUT2D eigenvalue weighted by Crippen LogP contribution is -2.47. The average Bonchev–Trinajstić information content (AvgIpc) is 2.82. The zero-order valence-corrected chi connectivity index (χ0v) is 13.1. The van der Waals surface area contributed by atoms with Crippen molar-refractivity contribution in [3.8, 4) is 0 Å². The fourth-order valence-electron chi connectivity index (χ4n) is 2.99. The van der Waals surface area contributed by atoms with E-state index in [4.69, 9.17) is 5.11 Å². The SMILES string of the molecule is O=C(O)NC1(c2nc3cc(I)ccc3[nH]2)CCCCC1. The van der Waals surface area contributed by atoms with Gasteiger partial charge in [0.1, 0.15) is 11.4 Å². The average molecular weight is 385 g/mol. The highest BCUT2D eigenvalue weighted by molar-refractivity contribution is 14.1. The summed E-state index contributed by atoms with van der Waals surface area (Å²) in [5.41, 5.74) is 1.29. The van der Waals surface area contributed by atoms with Crippen LogP contribution < -0.4 is 5.32 Å². The summed E-state index contributed by atoms with van der Waals surface area (Å²) in [5, 5.41) is 11.9. The molecule has 0 bridgehead atoms. The first-order chi connectivity index (χ1) is 9.59. The summed E-state index contributed by atoms with van der Waals surface area (Å²) in [6, 6.07) is 6.01. The number of aromatic nitrogens is 2. The Morgan fingerprint density at radius 3 is 2.80 bits per heavy atom. The molecule has 5 nitrogen and oxygen atoms in total. The lowest BCUT2D eigenvalue weighted by atomic mass is 9.81. The first-order valence-corrected chi connectivity index (χ1v) is 7.84. The van der Waals surface area contributed by atoms with Crippen molar-refractivity contribution < 1.29 is 9.90 Å². The molecule has 20 heavy (non-hydrogen) atoms. The number of fused-ring (bicyclic) bond motifs is 1. The summed E-state index contributed by atoms with van der Waals surface area (Å²) in [6.07, 6.45) is 3.82. The number of imidazole rings is 1. The number of carbonyl (C=O) groups is 1.